The van der Waals surface area contributed by atoms with Crippen LogP contribution in [0.2, 0.25) is 0 Å². The highest BCUT2D eigenvalue weighted by Crippen LogP contribution is 2.28. The summed E-state index contributed by atoms with van der Waals surface area (Å²) in [6, 6.07) is 25.2. The zero-order chi connectivity index (χ0) is 21.6. The number of hydrogen-bond donors (Lipinski definition) is 2. The average molecular weight is 413 g/mol. The van der Waals surface area contributed by atoms with Crippen LogP contribution in [0.1, 0.15) is 16.8 Å². The number of hydroxylamine groups is 1. The van der Waals surface area contributed by atoms with Crippen LogP contribution in [0.5, 0.6) is 17.4 Å². The minimum atomic E-state index is 0.259. The van der Waals surface area contributed by atoms with Crippen LogP contribution in [0.25, 0.3) is 10.8 Å². The zero-order valence-electron chi connectivity index (χ0n) is 17.4. The molecule has 31 heavy (non-hydrogen) atoms. The molecule has 0 amide bonds. The Kier molecular flexibility index (Phi) is 6.10. The summed E-state index contributed by atoms with van der Waals surface area (Å²) in [6.07, 6.45) is 0. The van der Waals surface area contributed by atoms with Gasteiger partial charge in [0.1, 0.15) is 11.5 Å². The molecule has 4 aromatic rings. The third-order valence-corrected chi connectivity index (χ3v) is 4.90. The van der Waals surface area contributed by atoms with E-state index in [1.54, 1.807) is 7.11 Å². The molecule has 156 valence electrons. The second kappa shape index (κ2) is 9.28. The zero-order valence-corrected chi connectivity index (χ0v) is 17.4. The summed E-state index contributed by atoms with van der Waals surface area (Å²) >= 11 is 0. The van der Waals surface area contributed by atoms with Crippen molar-refractivity contribution >= 4 is 16.6 Å². The number of pyridine rings is 1. The van der Waals surface area contributed by atoms with Gasteiger partial charge < -0.3 is 9.47 Å². The van der Waals surface area contributed by atoms with Crippen LogP contribution in [0, 0.1) is 6.92 Å². The maximum absolute atomic E-state index is 9.79. The number of ether oxygens (including phenoxy) is 2. The van der Waals surface area contributed by atoms with Crippen molar-refractivity contribution < 1.29 is 14.7 Å². The molecular formula is C25H23N3O3. The van der Waals surface area contributed by atoms with Gasteiger partial charge in [-0.15, -0.1) is 0 Å². The Balaban J connectivity index is 1.67. The molecule has 6 heteroatoms. The molecule has 0 unspecified atom stereocenters. The van der Waals surface area contributed by atoms with E-state index in [9.17, 15) is 5.21 Å². The predicted octanol–water partition coefficient (Wildman–Crippen LogP) is 5.27. The van der Waals surface area contributed by atoms with Crippen molar-refractivity contribution in [3.8, 4) is 17.4 Å². The minimum absolute atomic E-state index is 0.259. The van der Waals surface area contributed by atoms with Gasteiger partial charge in [-0.2, -0.15) is 0 Å². The number of nitrogens with one attached hydrogen (secondary N) is 1. The molecule has 2 N–H and O–H groups in total. The first kappa shape index (κ1) is 20.4. The van der Waals surface area contributed by atoms with Gasteiger partial charge in [-0.25, -0.2) is 4.98 Å². The number of aliphatic imine (C=N–C) groups is 1. The highest BCUT2D eigenvalue weighted by atomic mass is 16.5. The fourth-order valence-corrected chi connectivity index (χ4v) is 3.31. The Hall–Kier alpha value is -3.90. The normalized spacial score (nSPS) is 11.4. The van der Waals surface area contributed by atoms with Crippen molar-refractivity contribution in [2.24, 2.45) is 4.99 Å². The van der Waals surface area contributed by atoms with Crippen LogP contribution in [0.15, 0.2) is 83.9 Å². The monoisotopic (exact) mass is 413 g/mol. The summed E-state index contributed by atoms with van der Waals surface area (Å²) in [5.41, 5.74) is 4.43. The molecule has 6 nitrogen and oxygen atoms in total. The molecule has 0 aliphatic heterocycles. The fraction of sp³-hybridized carbons (Fsp3) is 0.120. The topological polar surface area (TPSA) is 76.0 Å². The lowest BCUT2D eigenvalue weighted by atomic mass is 10.1. The first-order valence-electron chi connectivity index (χ1n) is 9.89. The maximum atomic E-state index is 9.79. The van der Waals surface area contributed by atoms with Crippen molar-refractivity contribution in [2.45, 2.75) is 13.5 Å². The van der Waals surface area contributed by atoms with Gasteiger partial charge in [0.2, 0.25) is 5.88 Å². The van der Waals surface area contributed by atoms with Crippen molar-refractivity contribution in [1.82, 2.24) is 10.5 Å². The summed E-state index contributed by atoms with van der Waals surface area (Å²) in [5.74, 6) is 2.00. The molecule has 0 spiro atoms. The second-order valence-electron chi connectivity index (χ2n) is 7.00. The average Bonchev–Trinajstić information content (AvgIpc) is 2.80. The minimum Gasteiger partial charge on any atom is -0.496 e. The van der Waals surface area contributed by atoms with Crippen molar-refractivity contribution in [3.63, 3.8) is 0 Å². The van der Waals surface area contributed by atoms with Crippen LogP contribution >= 0.6 is 0 Å². The molecule has 0 radical (unpaired) electrons. The predicted molar refractivity (Wildman–Crippen MR) is 121 cm³/mol. The van der Waals surface area contributed by atoms with E-state index in [0.29, 0.717) is 23.7 Å². The molecule has 0 saturated carbocycles. The number of hydrogen-bond acceptors (Lipinski definition) is 5. The Morgan fingerprint density at radius 1 is 0.968 bits per heavy atom. The van der Waals surface area contributed by atoms with Gasteiger partial charge in [-0.3, -0.25) is 15.7 Å². The van der Waals surface area contributed by atoms with Crippen LogP contribution in [0.4, 0.5) is 0 Å². The maximum Gasteiger partial charge on any atom is 0.230 e. The molecule has 0 aliphatic rings. The standard InChI is InChI=1S/C25H23N3O3/c1-17-11-14-22(24(28-29)26-16-20-9-5-6-10-23(20)30-2)25(27-17)31-21-13-12-18-7-3-4-8-19(18)15-21/h3-15,29H,16H2,1-2H3,(H,26,28). The molecule has 0 aliphatic carbocycles. The van der Waals surface area contributed by atoms with E-state index in [1.165, 1.54) is 0 Å². The van der Waals surface area contributed by atoms with E-state index in [0.717, 1.165) is 27.8 Å². The molecule has 0 fully saturated rings. The van der Waals surface area contributed by atoms with Gasteiger partial charge in [-0.1, -0.05) is 48.5 Å². The SMILES string of the molecule is COc1ccccc1CN=C(NO)c1ccc(C)nc1Oc1ccc2ccccc2c1. The van der Waals surface area contributed by atoms with Gasteiger partial charge >= 0.3 is 0 Å². The molecular weight excluding hydrogens is 390 g/mol. The molecule has 0 atom stereocenters. The van der Waals surface area contributed by atoms with Gasteiger partial charge in [0.05, 0.1) is 19.2 Å². The first-order valence-corrected chi connectivity index (χ1v) is 9.89. The number of para-hydroxylation sites is 1. The summed E-state index contributed by atoms with van der Waals surface area (Å²) in [6.45, 7) is 2.20. The third-order valence-electron chi connectivity index (χ3n) is 4.90. The lowest BCUT2D eigenvalue weighted by molar-refractivity contribution is 0.234. The second-order valence-corrected chi connectivity index (χ2v) is 7.00. The molecule has 1 heterocycles. The van der Waals surface area contributed by atoms with Crippen LogP contribution in [-0.4, -0.2) is 23.1 Å². The Morgan fingerprint density at radius 3 is 2.55 bits per heavy atom. The molecule has 0 saturated heterocycles. The van der Waals surface area contributed by atoms with E-state index in [2.05, 4.69) is 15.5 Å². The first-order chi connectivity index (χ1) is 15.2. The number of aromatic nitrogens is 1. The van der Waals surface area contributed by atoms with E-state index in [1.807, 2.05) is 85.8 Å². The Bertz CT molecular complexity index is 1240. The van der Waals surface area contributed by atoms with E-state index in [-0.39, 0.29) is 5.84 Å². The highest BCUT2D eigenvalue weighted by molar-refractivity contribution is 6.00. The molecule has 0 bridgehead atoms. The summed E-state index contributed by atoms with van der Waals surface area (Å²) in [4.78, 5) is 9.06. The number of benzene rings is 3. The van der Waals surface area contributed by atoms with Crippen molar-refractivity contribution in [2.75, 3.05) is 7.11 Å². The molecule has 4 rings (SSSR count). The van der Waals surface area contributed by atoms with Crippen LogP contribution in [0.3, 0.4) is 0 Å². The molecule has 3 aromatic carbocycles. The summed E-state index contributed by atoms with van der Waals surface area (Å²) in [5, 5.41) is 12.0. The number of fused-ring (bicyclic) bond motifs is 1. The van der Waals surface area contributed by atoms with Gasteiger partial charge in [0.25, 0.3) is 0 Å². The number of methoxy groups -OCH3 is 1. The number of rotatable bonds is 6. The van der Waals surface area contributed by atoms with Gasteiger partial charge in [0.15, 0.2) is 5.84 Å². The molecule has 1 aromatic heterocycles. The van der Waals surface area contributed by atoms with Gasteiger partial charge in [0, 0.05) is 11.3 Å². The highest BCUT2D eigenvalue weighted by Gasteiger charge is 2.14. The summed E-state index contributed by atoms with van der Waals surface area (Å²) < 4.78 is 11.5. The number of aryl methyl sites for hydroxylation is 1. The summed E-state index contributed by atoms with van der Waals surface area (Å²) in [7, 11) is 1.62. The Morgan fingerprint density at radius 2 is 1.74 bits per heavy atom. The van der Waals surface area contributed by atoms with E-state index in [4.69, 9.17) is 9.47 Å². The smallest absolute Gasteiger partial charge is 0.230 e. The lowest BCUT2D eigenvalue weighted by Gasteiger charge is -2.13. The Labute approximate surface area is 180 Å². The van der Waals surface area contributed by atoms with Crippen LogP contribution in [-0.2, 0) is 6.54 Å². The van der Waals surface area contributed by atoms with Crippen molar-refractivity contribution in [3.05, 3.63) is 95.7 Å². The van der Waals surface area contributed by atoms with Gasteiger partial charge in [-0.05, 0) is 48.0 Å². The van der Waals surface area contributed by atoms with E-state index >= 15 is 0 Å². The van der Waals surface area contributed by atoms with Crippen LogP contribution < -0.4 is 15.0 Å². The quantitative estimate of drug-likeness (QED) is 0.256. The lowest BCUT2D eigenvalue weighted by Crippen LogP contribution is -2.22. The van der Waals surface area contributed by atoms with E-state index < -0.39 is 0 Å². The van der Waals surface area contributed by atoms with Crippen molar-refractivity contribution in [1.29, 1.82) is 0 Å². The third kappa shape index (κ3) is 4.65. The number of amidine groups is 1. The number of nitrogens with zero attached hydrogens (tertiary/aromatic N) is 2. The largest absolute Gasteiger partial charge is 0.496 e. The fourth-order valence-electron chi connectivity index (χ4n) is 3.31.